The van der Waals surface area contributed by atoms with Crippen LogP contribution in [0.15, 0.2) is 24.3 Å². The molecule has 0 unspecified atom stereocenters. The lowest BCUT2D eigenvalue weighted by Gasteiger charge is -2.27. The van der Waals surface area contributed by atoms with E-state index in [1.807, 2.05) is 0 Å². The summed E-state index contributed by atoms with van der Waals surface area (Å²) in [6, 6.07) is 9.78. The molecule has 0 heterocycles. The van der Waals surface area contributed by atoms with Crippen LogP contribution in [-0.2, 0) is 6.42 Å². The zero-order chi connectivity index (χ0) is 11.4. The third-order valence-corrected chi connectivity index (χ3v) is 3.48. The highest BCUT2D eigenvalue weighted by Crippen LogP contribution is 2.21. The van der Waals surface area contributed by atoms with Gasteiger partial charge >= 0.3 is 0 Å². The molecule has 0 saturated heterocycles. The van der Waals surface area contributed by atoms with E-state index in [4.69, 9.17) is 5.73 Å². The van der Waals surface area contributed by atoms with Gasteiger partial charge in [-0.1, -0.05) is 19.1 Å². The van der Waals surface area contributed by atoms with Gasteiger partial charge in [-0.25, -0.2) is 0 Å². The number of benzene rings is 1. The maximum Gasteiger partial charge on any atom is 0.0345 e. The molecule has 1 aliphatic rings. The summed E-state index contributed by atoms with van der Waals surface area (Å²) in [5.41, 5.74) is 8.57. The fraction of sp³-hybridized carbons (Fsp3) is 0.571. The Labute approximate surface area is 98.2 Å². The maximum atomic E-state index is 5.91. The molecule has 1 aliphatic carbocycles. The Morgan fingerprint density at radius 3 is 2.69 bits per heavy atom. The topological polar surface area (TPSA) is 38.0 Å². The Balaban J connectivity index is 1.93. The van der Waals surface area contributed by atoms with Crippen molar-refractivity contribution < 1.29 is 0 Å². The molecule has 0 bridgehead atoms. The number of hydrogen-bond donors (Lipinski definition) is 2. The van der Waals surface area contributed by atoms with Gasteiger partial charge in [-0.15, -0.1) is 0 Å². The van der Waals surface area contributed by atoms with Crippen LogP contribution in [0.1, 0.15) is 38.2 Å². The molecule has 1 aromatic rings. The summed E-state index contributed by atoms with van der Waals surface area (Å²) >= 11 is 0. The second-order valence-corrected chi connectivity index (χ2v) is 4.81. The minimum Gasteiger partial charge on any atom is -0.382 e. The number of rotatable bonds is 3. The van der Waals surface area contributed by atoms with Crippen molar-refractivity contribution in [3.8, 4) is 0 Å². The first-order chi connectivity index (χ1) is 7.78. The van der Waals surface area contributed by atoms with Gasteiger partial charge in [0.1, 0.15) is 0 Å². The van der Waals surface area contributed by atoms with Crippen molar-refractivity contribution in [3.05, 3.63) is 29.8 Å². The van der Waals surface area contributed by atoms with Crippen LogP contribution in [0.4, 0.5) is 5.69 Å². The molecule has 1 aromatic carbocycles. The van der Waals surface area contributed by atoms with Gasteiger partial charge in [0.2, 0.25) is 0 Å². The van der Waals surface area contributed by atoms with Crippen molar-refractivity contribution in [2.45, 2.75) is 51.1 Å². The summed E-state index contributed by atoms with van der Waals surface area (Å²) < 4.78 is 0. The summed E-state index contributed by atoms with van der Waals surface area (Å²) in [5.74, 6) is 0. The Morgan fingerprint density at radius 2 is 2.00 bits per heavy atom. The summed E-state index contributed by atoms with van der Waals surface area (Å²) in [6.45, 7) is 2.19. The van der Waals surface area contributed by atoms with Crippen LogP contribution in [0.25, 0.3) is 0 Å². The lowest BCUT2D eigenvalue weighted by Crippen LogP contribution is -2.32. The van der Waals surface area contributed by atoms with Crippen molar-refractivity contribution >= 4 is 5.69 Å². The molecule has 0 aliphatic heterocycles. The van der Waals surface area contributed by atoms with Crippen molar-refractivity contribution in [2.24, 2.45) is 5.73 Å². The third-order valence-electron chi connectivity index (χ3n) is 3.48. The third kappa shape index (κ3) is 2.99. The molecule has 3 N–H and O–H groups in total. The van der Waals surface area contributed by atoms with E-state index >= 15 is 0 Å². The summed E-state index contributed by atoms with van der Waals surface area (Å²) in [7, 11) is 0. The van der Waals surface area contributed by atoms with E-state index in [0.717, 1.165) is 19.3 Å². The van der Waals surface area contributed by atoms with E-state index in [-0.39, 0.29) is 0 Å². The van der Waals surface area contributed by atoms with Crippen LogP contribution in [0.2, 0.25) is 0 Å². The minimum atomic E-state index is 0.431. The quantitative estimate of drug-likeness (QED) is 0.818. The van der Waals surface area contributed by atoms with Crippen molar-refractivity contribution in [1.29, 1.82) is 0 Å². The van der Waals surface area contributed by atoms with Gasteiger partial charge < -0.3 is 11.1 Å². The predicted octanol–water partition coefficient (Wildman–Crippen LogP) is 2.93. The maximum absolute atomic E-state index is 5.91. The summed E-state index contributed by atoms with van der Waals surface area (Å²) in [4.78, 5) is 0. The van der Waals surface area contributed by atoms with Gasteiger partial charge in [-0.2, -0.15) is 0 Å². The average molecular weight is 218 g/mol. The summed E-state index contributed by atoms with van der Waals surface area (Å²) in [6.07, 6.45) is 5.83. The lowest BCUT2D eigenvalue weighted by molar-refractivity contribution is 0.411. The number of nitrogens with two attached hydrogens (primary N) is 1. The molecule has 2 nitrogen and oxygen atoms in total. The molecule has 0 atom stereocenters. The van der Waals surface area contributed by atoms with Gasteiger partial charge in [0.25, 0.3) is 0 Å². The molecule has 0 amide bonds. The Morgan fingerprint density at radius 1 is 1.25 bits per heavy atom. The zero-order valence-corrected chi connectivity index (χ0v) is 10.1. The van der Waals surface area contributed by atoms with Crippen molar-refractivity contribution in [1.82, 2.24) is 0 Å². The predicted molar refractivity (Wildman–Crippen MR) is 69.7 cm³/mol. The minimum absolute atomic E-state index is 0.431. The van der Waals surface area contributed by atoms with Gasteiger partial charge in [0, 0.05) is 17.8 Å². The van der Waals surface area contributed by atoms with Gasteiger partial charge in [-0.05, 0) is 49.8 Å². The average Bonchev–Trinajstić information content (AvgIpc) is 2.32. The highest BCUT2D eigenvalue weighted by molar-refractivity contribution is 5.46. The normalized spacial score (nSPS) is 25.4. The molecule has 0 radical (unpaired) electrons. The fourth-order valence-electron chi connectivity index (χ4n) is 2.38. The van der Waals surface area contributed by atoms with E-state index in [1.54, 1.807) is 0 Å². The molecular weight excluding hydrogens is 196 g/mol. The standard InChI is InChI=1S/C14H22N2/c1-2-11-4-3-5-14(10-11)16-13-8-6-12(15)7-9-13/h3-5,10,12-13,16H,2,6-9,15H2,1H3. The van der Waals surface area contributed by atoms with Crippen LogP contribution in [0.3, 0.4) is 0 Å². The molecule has 16 heavy (non-hydrogen) atoms. The second kappa shape index (κ2) is 5.35. The van der Waals surface area contributed by atoms with Gasteiger partial charge in [0.05, 0.1) is 0 Å². The highest BCUT2D eigenvalue weighted by atomic mass is 14.9. The molecule has 1 saturated carbocycles. The van der Waals surface area contributed by atoms with Crippen LogP contribution < -0.4 is 11.1 Å². The number of anilines is 1. The highest BCUT2D eigenvalue weighted by Gasteiger charge is 2.17. The van der Waals surface area contributed by atoms with Crippen LogP contribution in [-0.4, -0.2) is 12.1 Å². The Hall–Kier alpha value is -1.02. The number of hydrogen-bond acceptors (Lipinski definition) is 2. The van der Waals surface area contributed by atoms with Gasteiger partial charge in [0.15, 0.2) is 0 Å². The first kappa shape index (κ1) is 11.5. The van der Waals surface area contributed by atoms with Crippen molar-refractivity contribution in [2.75, 3.05) is 5.32 Å². The van der Waals surface area contributed by atoms with E-state index in [2.05, 4.69) is 36.5 Å². The van der Waals surface area contributed by atoms with E-state index in [1.165, 1.54) is 24.1 Å². The molecule has 88 valence electrons. The van der Waals surface area contributed by atoms with Crippen LogP contribution >= 0.6 is 0 Å². The first-order valence-electron chi connectivity index (χ1n) is 6.39. The SMILES string of the molecule is CCc1cccc(NC2CCC(N)CC2)c1. The molecular formula is C14H22N2. The number of aryl methyl sites for hydroxylation is 1. The first-order valence-corrected chi connectivity index (χ1v) is 6.39. The lowest BCUT2D eigenvalue weighted by atomic mass is 9.91. The molecule has 0 spiro atoms. The van der Waals surface area contributed by atoms with E-state index in [0.29, 0.717) is 12.1 Å². The van der Waals surface area contributed by atoms with Crippen LogP contribution in [0, 0.1) is 0 Å². The molecule has 0 aromatic heterocycles. The van der Waals surface area contributed by atoms with Crippen molar-refractivity contribution in [3.63, 3.8) is 0 Å². The zero-order valence-electron chi connectivity index (χ0n) is 10.1. The fourth-order valence-corrected chi connectivity index (χ4v) is 2.38. The second-order valence-electron chi connectivity index (χ2n) is 4.81. The largest absolute Gasteiger partial charge is 0.382 e. The van der Waals surface area contributed by atoms with E-state index in [9.17, 15) is 0 Å². The summed E-state index contributed by atoms with van der Waals surface area (Å²) in [5, 5.41) is 3.62. The molecule has 2 heteroatoms. The molecule has 1 fully saturated rings. The smallest absolute Gasteiger partial charge is 0.0345 e. The Kier molecular flexibility index (Phi) is 3.83. The Bertz CT molecular complexity index is 327. The van der Waals surface area contributed by atoms with E-state index < -0.39 is 0 Å². The molecule has 2 rings (SSSR count). The number of nitrogens with one attached hydrogen (secondary N) is 1. The monoisotopic (exact) mass is 218 g/mol. The van der Waals surface area contributed by atoms with Gasteiger partial charge in [-0.3, -0.25) is 0 Å². The van der Waals surface area contributed by atoms with Crippen LogP contribution in [0.5, 0.6) is 0 Å².